The predicted octanol–water partition coefficient (Wildman–Crippen LogP) is -0.843. The van der Waals surface area contributed by atoms with Crippen LogP contribution in [0.4, 0.5) is 11.4 Å². The van der Waals surface area contributed by atoms with E-state index in [4.69, 9.17) is 5.73 Å². The van der Waals surface area contributed by atoms with Gasteiger partial charge in [0.2, 0.25) is 0 Å². The Kier molecular flexibility index (Phi) is 5.06. The molecule has 0 unspecified atom stereocenters. The number of nitrogens with zero attached hydrogens (tertiary/aromatic N) is 4. The van der Waals surface area contributed by atoms with Gasteiger partial charge in [0.1, 0.15) is 0 Å². The Hall–Kier alpha value is -3.78. The highest BCUT2D eigenvalue weighted by atomic mass is 35.5. The van der Waals surface area contributed by atoms with E-state index in [-0.39, 0.29) is 18.1 Å². The number of nitro groups is 1. The quantitative estimate of drug-likeness (QED) is 0.276. The van der Waals surface area contributed by atoms with Gasteiger partial charge in [-0.05, 0) is 24.3 Å². The third kappa shape index (κ3) is 3.06. The van der Waals surface area contributed by atoms with Crippen LogP contribution in [-0.2, 0) is 0 Å². The minimum absolute atomic E-state index is 0. The summed E-state index contributed by atoms with van der Waals surface area (Å²) in [6.45, 7) is 0. The molecule has 3 heterocycles. The van der Waals surface area contributed by atoms with Gasteiger partial charge in [-0.25, -0.2) is 4.98 Å². The van der Waals surface area contributed by atoms with E-state index in [1.165, 1.54) is 9.13 Å². The predicted molar refractivity (Wildman–Crippen MR) is 99.9 cm³/mol. The van der Waals surface area contributed by atoms with Crippen molar-refractivity contribution in [3.05, 3.63) is 93.7 Å². The molecule has 0 aliphatic rings. The fourth-order valence-electron chi connectivity index (χ4n) is 3.02. The number of anilines is 1. The molecule has 0 spiro atoms. The van der Waals surface area contributed by atoms with Crippen molar-refractivity contribution in [2.24, 2.45) is 0 Å². The van der Waals surface area contributed by atoms with E-state index >= 15 is 0 Å². The zero-order valence-electron chi connectivity index (χ0n) is 14.4. The van der Waals surface area contributed by atoms with Crippen molar-refractivity contribution in [1.29, 1.82) is 0 Å². The lowest BCUT2D eigenvalue weighted by atomic mass is 10.2. The van der Waals surface area contributed by atoms with E-state index in [9.17, 15) is 14.9 Å². The molecule has 0 amide bonds. The van der Waals surface area contributed by atoms with Gasteiger partial charge in [0.05, 0.1) is 16.0 Å². The van der Waals surface area contributed by atoms with Crippen LogP contribution in [-0.4, -0.2) is 14.5 Å². The standard InChI is InChI=1S/C19H13N5O3.ClH/c20-13-8-11-22(12-9-13)16-15-7-4-10-21-18(15)23(14-5-2-1-3-6-14)19(25)17(16)24(26)27;/h1-12,20H;1H. The van der Waals surface area contributed by atoms with Gasteiger partial charge >= 0.3 is 16.9 Å². The van der Waals surface area contributed by atoms with E-state index in [1.807, 2.05) is 0 Å². The summed E-state index contributed by atoms with van der Waals surface area (Å²) < 4.78 is 2.77. The van der Waals surface area contributed by atoms with Crippen LogP contribution >= 0.6 is 0 Å². The molecule has 2 N–H and O–H groups in total. The molecule has 0 aliphatic heterocycles. The summed E-state index contributed by atoms with van der Waals surface area (Å²) in [7, 11) is 0. The average molecular weight is 396 g/mol. The molecule has 0 bridgehead atoms. The molecule has 9 heteroatoms. The Morgan fingerprint density at radius 3 is 2.36 bits per heavy atom. The van der Waals surface area contributed by atoms with Gasteiger partial charge in [-0.3, -0.25) is 19.5 Å². The number of rotatable bonds is 3. The van der Waals surface area contributed by atoms with E-state index in [1.54, 1.807) is 73.2 Å². The zero-order chi connectivity index (χ0) is 19.0. The largest absolute Gasteiger partial charge is 1.00 e. The summed E-state index contributed by atoms with van der Waals surface area (Å²) in [4.78, 5) is 28.6. The summed E-state index contributed by atoms with van der Waals surface area (Å²) in [6, 6.07) is 15.3. The Balaban J connectivity index is 0.00000225. The van der Waals surface area contributed by atoms with Crippen LogP contribution in [0.25, 0.3) is 22.4 Å². The third-order valence-electron chi connectivity index (χ3n) is 4.19. The second-order valence-electron chi connectivity index (χ2n) is 5.84. The van der Waals surface area contributed by atoms with Crippen LogP contribution < -0.4 is 28.3 Å². The smallest absolute Gasteiger partial charge is 0.406 e. The van der Waals surface area contributed by atoms with Gasteiger partial charge in [0.25, 0.3) is 0 Å². The number of para-hydroxylation sites is 1. The van der Waals surface area contributed by atoms with Gasteiger partial charge < -0.3 is 18.1 Å². The molecular weight excluding hydrogens is 382 g/mol. The highest BCUT2D eigenvalue weighted by Gasteiger charge is 2.33. The molecule has 3 aromatic heterocycles. The Bertz CT molecular complexity index is 1220. The summed E-state index contributed by atoms with van der Waals surface area (Å²) in [5.74, 6) is 0. The Morgan fingerprint density at radius 1 is 1.04 bits per heavy atom. The topological polar surface area (TPSA) is 108 Å². The number of hydrogen-bond acceptors (Lipinski definition) is 5. The second kappa shape index (κ2) is 7.45. The van der Waals surface area contributed by atoms with Gasteiger partial charge in [-0.1, -0.05) is 18.2 Å². The molecule has 1 aromatic carbocycles. The van der Waals surface area contributed by atoms with E-state index in [0.29, 0.717) is 22.4 Å². The Labute approximate surface area is 165 Å². The lowest BCUT2D eigenvalue weighted by Crippen LogP contribution is -3.00. The van der Waals surface area contributed by atoms with Gasteiger partial charge in [-0.15, -0.1) is 0 Å². The number of hydrogen-bond donors (Lipinski definition) is 1. The first-order valence-corrected chi connectivity index (χ1v) is 8.08. The van der Waals surface area contributed by atoms with Crippen LogP contribution in [0.1, 0.15) is 0 Å². The summed E-state index contributed by atoms with van der Waals surface area (Å²) in [5, 5.41) is 12.3. The third-order valence-corrected chi connectivity index (χ3v) is 4.19. The number of pyridine rings is 3. The number of fused-ring (bicyclic) bond motifs is 1. The van der Waals surface area contributed by atoms with E-state index in [2.05, 4.69) is 4.98 Å². The molecule has 0 atom stereocenters. The molecule has 4 aromatic rings. The van der Waals surface area contributed by atoms with E-state index in [0.717, 1.165) is 0 Å². The van der Waals surface area contributed by atoms with Gasteiger partial charge in [0, 0.05) is 24.0 Å². The lowest BCUT2D eigenvalue weighted by Gasteiger charge is -2.10. The zero-order valence-corrected chi connectivity index (χ0v) is 15.2. The minimum Gasteiger partial charge on any atom is -1.00 e. The van der Waals surface area contributed by atoms with Crippen molar-refractivity contribution in [1.82, 2.24) is 9.55 Å². The summed E-state index contributed by atoms with van der Waals surface area (Å²) in [6.07, 6.45) is 4.71. The van der Waals surface area contributed by atoms with Gasteiger partial charge in [0.15, 0.2) is 18.0 Å². The summed E-state index contributed by atoms with van der Waals surface area (Å²) >= 11 is 0. The number of nitrogen functional groups attached to an aromatic ring is 1. The van der Waals surface area contributed by atoms with Crippen molar-refractivity contribution in [3.63, 3.8) is 0 Å². The van der Waals surface area contributed by atoms with Crippen LogP contribution in [0.2, 0.25) is 0 Å². The molecule has 4 rings (SSSR count). The minimum atomic E-state index is -0.753. The van der Waals surface area contributed by atoms with E-state index < -0.39 is 16.2 Å². The normalized spacial score (nSPS) is 10.4. The van der Waals surface area contributed by atoms with Crippen LogP contribution in [0.3, 0.4) is 0 Å². The maximum absolute atomic E-state index is 13.1. The first kappa shape index (κ1) is 19.0. The van der Waals surface area contributed by atoms with Crippen molar-refractivity contribution < 1.29 is 21.9 Å². The molecule has 0 saturated carbocycles. The SMILES string of the molecule is Nc1cc[n+](-c2c([N+](=O)[O-])c(=O)n(-c3ccccc3)c3ncccc23)cc1.[Cl-]. The average Bonchev–Trinajstić information content (AvgIpc) is 2.68. The Morgan fingerprint density at radius 2 is 1.71 bits per heavy atom. The number of halogens is 1. The molecule has 0 aliphatic carbocycles. The maximum atomic E-state index is 13.1. The van der Waals surface area contributed by atoms with Crippen LogP contribution in [0.15, 0.2) is 78.0 Å². The lowest BCUT2D eigenvalue weighted by molar-refractivity contribution is -0.599. The van der Waals surface area contributed by atoms with Crippen molar-refractivity contribution in [3.8, 4) is 11.4 Å². The van der Waals surface area contributed by atoms with Crippen molar-refractivity contribution >= 4 is 22.4 Å². The monoisotopic (exact) mass is 395 g/mol. The van der Waals surface area contributed by atoms with Crippen LogP contribution in [0.5, 0.6) is 0 Å². The molecular formula is C19H14ClN5O3. The van der Waals surface area contributed by atoms with Crippen molar-refractivity contribution in [2.75, 3.05) is 5.73 Å². The highest BCUT2D eigenvalue weighted by molar-refractivity contribution is 5.87. The first-order chi connectivity index (χ1) is 13.1. The first-order valence-electron chi connectivity index (χ1n) is 8.08. The highest BCUT2D eigenvalue weighted by Crippen LogP contribution is 2.25. The fraction of sp³-hybridized carbons (Fsp3) is 0. The molecule has 0 saturated heterocycles. The number of benzene rings is 1. The van der Waals surface area contributed by atoms with Crippen LogP contribution in [0, 0.1) is 10.1 Å². The molecule has 140 valence electrons. The maximum Gasteiger partial charge on any atom is 0.406 e. The number of aromatic nitrogens is 3. The molecule has 0 radical (unpaired) electrons. The molecule has 0 fully saturated rings. The van der Waals surface area contributed by atoms with Gasteiger partial charge in [-0.2, -0.15) is 4.57 Å². The second-order valence-corrected chi connectivity index (χ2v) is 5.84. The fourth-order valence-corrected chi connectivity index (χ4v) is 3.02. The summed E-state index contributed by atoms with van der Waals surface area (Å²) in [5.41, 5.74) is 5.93. The molecule has 28 heavy (non-hydrogen) atoms. The number of nitrogens with two attached hydrogens (primary N) is 1. The molecule has 8 nitrogen and oxygen atoms in total. The van der Waals surface area contributed by atoms with Crippen molar-refractivity contribution in [2.45, 2.75) is 0 Å².